The van der Waals surface area contributed by atoms with Gasteiger partial charge in [0.2, 0.25) is 0 Å². The fourth-order valence-electron chi connectivity index (χ4n) is 2.59. The van der Waals surface area contributed by atoms with E-state index in [9.17, 15) is 4.79 Å². The Balaban J connectivity index is 1.67. The number of carbonyl (C=O) groups excluding carboxylic acids is 1. The van der Waals surface area contributed by atoms with Gasteiger partial charge in [0.15, 0.2) is 11.4 Å². The Kier molecular flexibility index (Phi) is 3.66. The first kappa shape index (κ1) is 14.9. The summed E-state index contributed by atoms with van der Waals surface area (Å²) >= 11 is 0. The highest BCUT2D eigenvalue weighted by atomic mass is 16.5. The number of para-hydroxylation sites is 3. The normalized spacial score (nSPS) is 10.8. The third kappa shape index (κ3) is 2.72. The van der Waals surface area contributed by atoms with Crippen molar-refractivity contribution in [2.75, 3.05) is 12.5 Å². The molecule has 2 heterocycles. The first-order valence-corrected chi connectivity index (χ1v) is 7.69. The number of carbonyl (C=O) groups is 1. The molecule has 0 spiro atoms. The van der Waals surface area contributed by atoms with Gasteiger partial charge in [-0.1, -0.05) is 30.3 Å². The van der Waals surface area contributed by atoms with E-state index in [1.54, 1.807) is 21.9 Å². The number of amides is 1. The summed E-state index contributed by atoms with van der Waals surface area (Å²) < 4.78 is 8.49. The molecule has 25 heavy (non-hydrogen) atoms. The highest BCUT2D eigenvalue weighted by molar-refractivity contribution is 6.01. The van der Waals surface area contributed by atoms with Crippen LogP contribution in [0.25, 0.3) is 16.7 Å². The van der Waals surface area contributed by atoms with E-state index in [-0.39, 0.29) is 11.6 Å². The second-order valence-corrected chi connectivity index (χ2v) is 5.37. The molecule has 2 aromatic heterocycles. The molecule has 7 nitrogen and oxygen atoms in total. The minimum absolute atomic E-state index is 0.198. The number of benzene rings is 2. The molecule has 124 valence electrons. The number of ether oxygens (including phenoxy) is 1. The van der Waals surface area contributed by atoms with Crippen molar-refractivity contribution >= 4 is 16.9 Å². The topological polar surface area (TPSA) is 74.0 Å². The van der Waals surface area contributed by atoms with Gasteiger partial charge in [0, 0.05) is 0 Å². The minimum Gasteiger partial charge on any atom is -0.493 e. The highest BCUT2D eigenvalue weighted by Crippen LogP contribution is 2.20. The number of nitrogens with zero attached hydrogens (tertiary/aromatic N) is 4. The number of fused-ring (bicyclic) bond motifs is 1. The van der Waals surface area contributed by atoms with Crippen molar-refractivity contribution in [2.45, 2.75) is 0 Å². The fraction of sp³-hybridized carbons (Fsp3) is 0.0556. The molecule has 0 saturated heterocycles. The number of aromatic nitrogens is 4. The molecule has 4 rings (SSSR count). The third-order valence-electron chi connectivity index (χ3n) is 3.81. The standard InChI is InChI=1S/C18H15N5O2/c1-25-16-11-22(13-7-3-2-4-8-13)20-17(16)18(24)21-23-12-19-14-9-5-6-10-15(14)23/h2-12H,1H3,(H,21,24). The lowest BCUT2D eigenvalue weighted by Crippen LogP contribution is -2.23. The van der Waals surface area contributed by atoms with Crippen molar-refractivity contribution in [1.82, 2.24) is 19.4 Å². The van der Waals surface area contributed by atoms with Gasteiger partial charge < -0.3 is 4.74 Å². The quantitative estimate of drug-likeness (QED) is 0.623. The van der Waals surface area contributed by atoms with Gasteiger partial charge in [0.1, 0.15) is 6.33 Å². The van der Waals surface area contributed by atoms with E-state index < -0.39 is 0 Å². The van der Waals surface area contributed by atoms with E-state index in [4.69, 9.17) is 4.74 Å². The van der Waals surface area contributed by atoms with Crippen molar-refractivity contribution < 1.29 is 9.53 Å². The van der Waals surface area contributed by atoms with E-state index in [0.29, 0.717) is 5.75 Å². The van der Waals surface area contributed by atoms with E-state index in [2.05, 4.69) is 15.5 Å². The lowest BCUT2D eigenvalue weighted by Gasteiger charge is -2.06. The molecule has 0 aliphatic heterocycles. The number of imidazole rings is 1. The highest BCUT2D eigenvalue weighted by Gasteiger charge is 2.19. The first-order chi connectivity index (χ1) is 12.3. The molecule has 0 aliphatic rings. The summed E-state index contributed by atoms with van der Waals surface area (Å²) in [6, 6.07) is 17.1. The van der Waals surface area contributed by atoms with Crippen LogP contribution in [0.5, 0.6) is 5.75 Å². The van der Waals surface area contributed by atoms with Crippen LogP contribution < -0.4 is 10.2 Å². The van der Waals surface area contributed by atoms with E-state index >= 15 is 0 Å². The minimum atomic E-state index is -0.380. The van der Waals surface area contributed by atoms with E-state index in [1.807, 2.05) is 54.6 Å². The average Bonchev–Trinajstić information content (AvgIpc) is 3.27. The number of hydrogen-bond donors (Lipinski definition) is 1. The van der Waals surface area contributed by atoms with Gasteiger partial charge in [-0.3, -0.25) is 10.2 Å². The second kappa shape index (κ2) is 6.12. The molecule has 0 fully saturated rings. The van der Waals surface area contributed by atoms with Crippen LogP contribution in [0.3, 0.4) is 0 Å². The van der Waals surface area contributed by atoms with Crippen molar-refractivity contribution in [2.24, 2.45) is 0 Å². The van der Waals surface area contributed by atoms with Crippen LogP contribution in [0.4, 0.5) is 0 Å². The van der Waals surface area contributed by atoms with Crippen molar-refractivity contribution in [1.29, 1.82) is 0 Å². The fourth-order valence-corrected chi connectivity index (χ4v) is 2.59. The lowest BCUT2D eigenvalue weighted by molar-refractivity contribution is 0.100. The Labute approximate surface area is 143 Å². The molecule has 1 amide bonds. The maximum absolute atomic E-state index is 12.7. The number of hydrogen-bond acceptors (Lipinski definition) is 4. The Hall–Kier alpha value is -3.61. The predicted octanol–water partition coefficient (Wildman–Crippen LogP) is 2.61. The van der Waals surface area contributed by atoms with Gasteiger partial charge in [-0.25, -0.2) is 14.3 Å². The van der Waals surface area contributed by atoms with Gasteiger partial charge in [-0.15, -0.1) is 0 Å². The SMILES string of the molecule is COc1cn(-c2ccccc2)nc1C(=O)Nn1cnc2ccccc21. The maximum Gasteiger partial charge on any atom is 0.294 e. The number of rotatable bonds is 4. The van der Waals surface area contributed by atoms with Crippen LogP contribution in [0.2, 0.25) is 0 Å². The molecule has 0 atom stereocenters. The molecule has 2 aromatic carbocycles. The second-order valence-electron chi connectivity index (χ2n) is 5.37. The van der Waals surface area contributed by atoms with Crippen LogP contribution >= 0.6 is 0 Å². The zero-order chi connectivity index (χ0) is 17.2. The largest absolute Gasteiger partial charge is 0.493 e. The average molecular weight is 333 g/mol. The molecule has 0 saturated carbocycles. The van der Waals surface area contributed by atoms with Crippen LogP contribution in [-0.4, -0.2) is 32.5 Å². The van der Waals surface area contributed by atoms with E-state index in [1.165, 1.54) is 7.11 Å². The molecule has 0 bridgehead atoms. The number of nitrogens with one attached hydrogen (secondary N) is 1. The Morgan fingerprint density at radius 2 is 1.84 bits per heavy atom. The van der Waals surface area contributed by atoms with Crippen molar-refractivity contribution in [3.8, 4) is 11.4 Å². The van der Waals surface area contributed by atoms with Gasteiger partial charge in [-0.2, -0.15) is 5.10 Å². The monoisotopic (exact) mass is 333 g/mol. The summed E-state index contributed by atoms with van der Waals surface area (Å²) in [5.41, 5.74) is 5.42. The molecule has 0 aliphatic carbocycles. The molecule has 7 heteroatoms. The molecular formula is C18H15N5O2. The smallest absolute Gasteiger partial charge is 0.294 e. The van der Waals surface area contributed by atoms with E-state index in [0.717, 1.165) is 16.7 Å². The summed E-state index contributed by atoms with van der Waals surface area (Å²) in [5, 5.41) is 4.36. The maximum atomic E-state index is 12.7. The molecular weight excluding hydrogens is 318 g/mol. The van der Waals surface area contributed by atoms with Crippen molar-refractivity contribution in [3.63, 3.8) is 0 Å². The Bertz CT molecular complexity index is 1040. The molecule has 4 aromatic rings. The molecule has 0 unspecified atom stereocenters. The number of methoxy groups -OCH3 is 1. The summed E-state index contributed by atoms with van der Waals surface area (Å²) in [4.78, 5) is 16.9. The third-order valence-corrected chi connectivity index (χ3v) is 3.81. The first-order valence-electron chi connectivity index (χ1n) is 7.69. The Morgan fingerprint density at radius 1 is 1.08 bits per heavy atom. The van der Waals surface area contributed by atoms with Crippen molar-refractivity contribution in [3.05, 3.63) is 72.8 Å². The Morgan fingerprint density at radius 3 is 2.64 bits per heavy atom. The summed E-state index contributed by atoms with van der Waals surface area (Å²) in [5.74, 6) is 0.0143. The predicted molar refractivity (Wildman–Crippen MR) is 93.5 cm³/mol. The van der Waals surface area contributed by atoms with Crippen LogP contribution in [-0.2, 0) is 0 Å². The molecule has 0 radical (unpaired) electrons. The zero-order valence-electron chi connectivity index (χ0n) is 13.5. The van der Waals surface area contributed by atoms with Crippen LogP contribution in [0.15, 0.2) is 67.1 Å². The molecule has 1 N–H and O–H groups in total. The van der Waals surface area contributed by atoms with Gasteiger partial charge in [0.25, 0.3) is 5.91 Å². The summed E-state index contributed by atoms with van der Waals surface area (Å²) in [7, 11) is 1.51. The summed E-state index contributed by atoms with van der Waals surface area (Å²) in [6.07, 6.45) is 3.24. The van der Waals surface area contributed by atoms with Gasteiger partial charge >= 0.3 is 0 Å². The van der Waals surface area contributed by atoms with Crippen LogP contribution in [0, 0.1) is 0 Å². The zero-order valence-corrected chi connectivity index (χ0v) is 13.5. The van der Waals surface area contributed by atoms with Gasteiger partial charge in [0.05, 0.1) is 30.0 Å². The summed E-state index contributed by atoms with van der Waals surface area (Å²) in [6.45, 7) is 0. The van der Waals surface area contributed by atoms with Crippen LogP contribution in [0.1, 0.15) is 10.5 Å². The lowest BCUT2D eigenvalue weighted by atomic mass is 10.3. The van der Waals surface area contributed by atoms with Gasteiger partial charge in [-0.05, 0) is 24.3 Å².